The van der Waals surface area contributed by atoms with Crippen LogP contribution in [0.4, 0.5) is 4.39 Å². The molecule has 3 rings (SSSR count). The predicted molar refractivity (Wildman–Crippen MR) is 82.8 cm³/mol. The molecule has 2 aromatic carbocycles. The van der Waals surface area contributed by atoms with Gasteiger partial charge in [-0.2, -0.15) is 0 Å². The molecule has 110 valence electrons. The summed E-state index contributed by atoms with van der Waals surface area (Å²) in [6.07, 6.45) is 3.62. The van der Waals surface area contributed by atoms with Crippen molar-refractivity contribution in [1.82, 2.24) is 0 Å². The van der Waals surface area contributed by atoms with Crippen LogP contribution in [0.5, 0.6) is 0 Å². The lowest BCUT2D eigenvalue weighted by atomic mass is 9.79. The van der Waals surface area contributed by atoms with Crippen molar-refractivity contribution in [2.24, 2.45) is 0 Å². The third kappa shape index (κ3) is 3.01. The van der Waals surface area contributed by atoms with E-state index in [4.69, 9.17) is 0 Å². The summed E-state index contributed by atoms with van der Waals surface area (Å²) in [7, 11) is 0. The smallest absolute Gasteiger partial charge is 0.126 e. The molecule has 2 atom stereocenters. The van der Waals surface area contributed by atoms with E-state index in [0.717, 1.165) is 18.4 Å². The van der Waals surface area contributed by atoms with E-state index in [0.29, 0.717) is 17.9 Å². The monoisotopic (exact) mass is 284 g/mol. The molecule has 2 aromatic rings. The van der Waals surface area contributed by atoms with Gasteiger partial charge in [0.25, 0.3) is 0 Å². The molecule has 2 unspecified atom stereocenters. The van der Waals surface area contributed by atoms with Gasteiger partial charge in [-0.25, -0.2) is 4.39 Å². The molecule has 0 aliphatic heterocycles. The lowest BCUT2D eigenvalue weighted by Crippen LogP contribution is -2.13. The zero-order valence-corrected chi connectivity index (χ0v) is 12.3. The molecule has 0 aromatic heterocycles. The van der Waals surface area contributed by atoms with Crippen LogP contribution in [0.25, 0.3) is 0 Å². The summed E-state index contributed by atoms with van der Waals surface area (Å²) in [5, 5.41) is 10.5. The first-order valence-electron chi connectivity index (χ1n) is 7.67. The van der Waals surface area contributed by atoms with E-state index in [1.165, 1.54) is 23.6 Å². The maximum absolute atomic E-state index is 13.3. The van der Waals surface area contributed by atoms with Crippen molar-refractivity contribution in [3.63, 3.8) is 0 Å². The van der Waals surface area contributed by atoms with Crippen LogP contribution >= 0.6 is 0 Å². The summed E-state index contributed by atoms with van der Waals surface area (Å²) in [5.41, 5.74) is 4.20. The molecule has 1 nitrogen and oxygen atoms in total. The van der Waals surface area contributed by atoms with Crippen LogP contribution in [0.3, 0.4) is 0 Å². The fourth-order valence-corrected chi connectivity index (χ4v) is 3.38. The highest BCUT2D eigenvalue weighted by Crippen LogP contribution is 2.37. The molecule has 0 amide bonds. The molecule has 0 bridgehead atoms. The summed E-state index contributed by atoms with van der Waals surface area (Å²) in [6.45, 7) is 1.74. The summed E-state index contributed by atoms with van der Waals surface area (Å²) in [4.78, 5) is 0. The lowest BCUT2D eigenvalue weighted by Gasteiger charge is -2.27. The van der Waals surface area contributed by atoms with Crippen molar-refractivity contribution in [2.75, 3.05) is 0 Å². The van der Waals surface area contributed by atoms with Crippen molar-refractivity contribution >= 4 is 0 Å². The molecule has 1 aliphatic rings. The largest absolute Gasteiger partial charge is 0.388 e. The van der Waals surface area contributed by atoms with Gasteiger partial charge in [0.05, 0.1) is 6.10 Å². The van der Waals surface area contributed by atoms with Crippen LogP contribution in [-0.2, 0) is 6.42 Å². The van der Waals surface area contributed by atoms with Crippen molar-refractivity contribution in [3.05, 3.63) is 70.5 Å². The highest BCUT2D eigenvalue weighted by atomic mass is 19.1. The Morgan fingerprint density at radius 2 is 2.05 bits per heavy atom. The number of fused-ring (bicyclic) bond motifs is 1. The molecule has 1 N–H and O–H groups in total. The van der Waals surface area contributed by atoms with Gasteiger partial charge in [0.1, 0.15) is 5.82 Å². The van der Waals surface area contributed by atoms with Crippen LogP contribution in [0.15, 0.2) is 42.5 Å². The molecule has 0 saturated carbocycles. The fourth-order valence-electron chi connectivity index (χ4n) is 3.38. The summed E-state index contributed by atoms with van der Waals surface area (Å²) >= 11 is 0. The quantitative estimate of drug-likeness (QED) is 0.867. The van der Waals surface area contributed by atoms with Gasteiger partial charge in [-0.3, -0.25) is 0 Å². The Morgan fingerprint density at radius 1 is 1.24 bits per heavy atom. The highest BCUT2D eigenvalue weighted by Gasteiger charge is 2.23. The van der Waals surface area contributed by atoms with E-state index in [1.807, 2.05) is 0 Å². The topological polar surface area (TPSA) is 20.2 Å². The third-order valence-electron chi connectivity index (χ3n) is 4.57. The van der Waals surface area contributed by atoms with Gasteiger partial charge in [0.2, 0.25) is 0 Å². The lowest BCUT2D eigenvalue weighted by molar-refractivity contribution is 0.154. The van der Waals surface area contributed by atoms with Gasteiger partial charge < -0.3 is 5.11 Å². The van der Waals surface area contributed by atoms with E-state index in [2.05, 4.69) is 24.3 Å². The second-order valence-electron chi connectivity index (χ2n) is 6.05. The van der Waals surface area contributed by atoms with Crippen LogP contribution in [-0.4, -0.2) is 5.11 Å². The second-order valence-corrected chi connectivity index (χ2v) is 6.05. The zero-order chi connectivity index (χ0) is 14.8. The van der Waals surface area contributed by atoms with Gasteiger partial charge in [-0.15, -0.1) is 0 Å². The Hall–Kier alpha value is -1.67. The molecule has 0 fully saturated rings. The van der Waals surface area contributed by atoms with Gasteiger partial charge in [-0.05, 0) is 66.8 Å². The van der Waals surface area contributed by atoms with Crippen molar-refractivity contribution < 1.29 is 9.50 Å². The van der Waals surface area contributed by atoms with Gasteiger partial charge in [-0.1, -0.05) is 36.4 Å². The molecule has 2 heteroatoms. The number of halogens is 1. The van der Waals surface area contributed by atoms with Crippen LogP contribution < -0.4 is 0 Å². The molecular formula is C19H21FO. The number of aryl methyl sites for hydroxylation is 2. The molecule has 0 spiro atoms. The Bertz CT molecular complexity index is 635. The molecular weight excluding hydrogens is 263 g/mol. The Balaban J connectivity index is 1.79. The van der Waals surface area contributed by atoms with E-state index >= 15 is 0 Å². The summed E-state index contributed by atoms with van der Waals surface area (Å²) < 4.78 is 13.3. The molecule has 0 radical (unpaired) electrons. The van der Waals surface area contributed by atoms with E-state index in [1.54, 1.807) is 19.1 Å². The Morgan fingerprint density at radius 3 is 2.86 bits per heavy atom. The first kappa shape index (κ1) is 14.3. The van der Waals surface area contributed by atoms with E-state index in [9.17, 15) is 9.50 Å². The van der Waals surface area contributed by atoms with Crippen LogP contribution in [0.1, 0.15) is 53.5 Å². The molecule has 1 aliphatic carbocycles. The third-order valence-corrected chi connectivity index (χ3v) is 4.57. The summed E-state index contributed by atoms with van der Waals surface area (Å²) in [6, 6.07) is 13.4. The maximum Gasteiger partial charge on any atom is 0.126 e. The number of hydrogen-bond acceptors (Lipinski definition) is 1. The fraction of sp³-hybridized carbons (Fsp3) is 0.368. The number of hydrogen-bond donors (Lipinski definition) is 1. The number of rotatable bonds is 3. The number of aliphatic hydroxyl groups is 1. The first-order valence-corrected chi connectivity index (χ1v) is 7.67. The zero-order valence-electron chi connectivity index (χ0n) is 12.3. The molecule has 21 heavy (non-hydrogen) atoms. The average Bonchev–Trinajstić information content (AvgIpc) is 2.50. The normalized spacial score (nSPS) is 19.1. The number of benzene rings is 2. The molecule has 0 saturated heterocycles. The van der Waals surface area contributed by atoms with Crippen molar-refractivity contribution in [2.45, 2.75) is 44.6 Å². The molecule has 0 heterocycles. The minimum absolute atomic E-state index is 0.214. The maximum atomic E-state index is 13.3. The Kier molecular flexibility index (Phi) is 4.07. The minimum atomic E-state index is -0.527. The summed E-state index contributed by atoms with van der Waals surface area (Å²) in [5.74, 6) is 0.185. The second kappa shape index (κ2) is 5.98. The van der Waals surface area contributed by atoms with Crippen molar-refractivity contribution in [1.29, 1.82) is 0 Å². The standard InChI is InChI=1S/C19H21FO/c1-13-11-16(9-10-18(13)20)19(21)12-15-7-4-6-14-5-2-3-8-17(14)15/h2-3,5,8-11,15,19,21H,4,6-7,12H2,1H3. The number of aliphatic hydroxyl groups excluding tert-OH is 1. The van der Waals surface area contributed by atoms with Crippen LogP contribution in [0.2, 0.25) is 0 Å². The van der Waals surface area contributed by atoms with Crippen molar-refractivity contribution in [3.8, 4) is 0 Å². The van der Waals surface area contributed by atoms with E-state index in [-0.39, 0.29) is 5.82 Å². The van der Waals surface area contributed by atoms with Gasteiger partial charge in [0, 0.05) is 0 Å². The highest BCUT2D eigenvalue weighted by molar-refractivity contribution is 5.33. The SMILES string of the molecule is Cc1cc(C(O)CC2CCCc3ccccc32)ccc1F. The van der Waals surface area contributed by atoms with Gasteiger partial charge >= 0.3 is 0 Å². The van der Waals surface area contributed by atoms with Crippen LogP contribution in [0, 0.1) is 12.7 Å². The average molecular weight is 284 g/mol. The van der Waals surface area contributed by atoms with Gasteiger partial charge in [0.15, 0.2) is 0 Å². The predicted octanol–water partition coefficient (Wildman–Crippen LogP) is 4.68. The Labute approximate surface area is 125 Å². The minimum Gasteiger partial charge on any atom is -0.388 e. The first-order chi connectivity index (χ1) is 10.1. The van der Waals surface area contributed by atoms with E-state index < -0.39 is 6.10 Å².